The maximum absolute atomic E-state index is 5.88. The van der Waals surface area contributed by atoms with E-state index in [2.05, 4.69) is 34.6 Å². The Hall–Kier alpha value is -1.94. The summed E-state index contributed by atoms with van der Waals surface area (Å²) < 4.78 is 0. The number of nitrogens with one attached hydrogen (secondary N) is 1. The number of benzene rings is 1. The van der Waals surface area contributed by atoms with Crippen LogP contribution in [-0.2, 0) is 5.54 Å². The summed E-state index contributed by atoms with van der Waals surface area (Å²) >= 11 is 0. The van der Waals surface area contributed by atoms with Gasteiger partial charge in [-0.3, -0.25) is 0 Å². The van der Waals surface area contributed by atoms with Crippen LogP contribution in [0.25, 0.3) is 0 Å². The van der Waals surface area contributed by atoms with Crippen molar-refractivity contribution in [1.29, 1.82) is 0 Å². The highest BCUT2D eigenvalue weighted by molar-refractivity contribution is 5.40. The molecule has 3 N–H and O–H groups in total. The number of aromatic nitrogens is 2. The van der Waals surface area contributed by atoms with Crippen molar-refractivity contribution in [3.05, 3.63) is 54.2 Å². The van der Waals surface area contributed by atoms with Gasteiger partial charge in [0.25, 0.3) is 0 Å². The van der Waals surface area contributed by atoms with Crippen molar-refractivity contribution in [1.82, 2.24) is 10.2 Å². The first-order valence-corrected chi connectivity index (χ1v) is 5.56. The van der Waals surface area contributed by atoms with Crippen molar-refractivity contribution in [3.63, 3.8) is 0 Å². The predicted molar refractivity (Wildman–Crippen MR) is 68.5 cm³/mol. The minimum atomic E-state index is -0.336. The van der Waals surface area contributed by atoms with Crippen LogP contribution in [0.15, 0.2) is 48.7 Å². The number of rotatable bonds is 4. The molecule has 1 heterocycles. The summed E-state index contributed by atoms with van der Waals surface area (Å²) in [5.74, 6) is 0.726. The van der Waals surface area contributed by atoms with Gasteiger partial charge < -0.3 is 11.1 Å². The minimum absolute atomic E-state index is 0.336. The van der Waals surface area contributed by atoms with E-state index in [0.717, 1.165) is 11.4 Å². The molecule has 1 aromatic heterocycles. The summed E-state index contributed by atoms with van der Waals surface area (Å²) in [7, 11) is 0. The molecule has 4 heteroatoms. The summed E-state index contributed by atoms with van der Waals surface area (Å²) in [5, 5.41) is 11.2. The molecule has 2 aromatic rings. The Morgan fingerprint density at radius 3 is 2.53 bits per heavy atom. The Kier molecular flexibility index (Phi) is 3.35. The molecule has 0 aliphatic rings. The van der Waals surface area contributed by atoms with Gasteiger partial charge in [0.05, 0.1) is 5.54 Å². The first-order chi connectivity index (χ1) is 8.24. The van der Waals surface area contributed by atoms with Crippen molar-refractivity contribution in [2.24, 2.45) is 5.73 Å². The topological polar surface area (TPSA) is 63.8 Å². The van der Waals surface area contributed by atoms with Crippen molar-refractivity contribution in [2.75, 3.05) is 11.9 Å². The van der Waals surface area contributed by atoms with E-state index in [4.69, 9.17) is 5.73 Å². The summed E-state index contributed by atoms with van der Waals surface area (Å²) in [6, 6.07) is 13.8. The van der Waals surface area contributed by atoms with Crippen LogP contribution in [0.1, 0.15) is 12.5 Å². The van der Waals surface area contributed by atoms with Gasteiger partial charge in [0.1, 0.15) is 5.82 Å². The van der Waals surface area contributed by atoms with Gasteiger partial charge in [-0.2, -0.15) is 5.10 Å². The molecule has 88 valence electrons. The van der Waals surface area contributed by atoms with Crippen LogP contribution in [0.3, 0.4) is 0 Å². The molecule has 0 aliphatic heterocycles. The molecule has 17 heavy (non-hydrogen) atoms. The van der Waals surface area contributed by atoms with Crippen LogP contribution in [0.2, 0.25) is 0 Å². The molecule has 4 nitrogen and oxygen atoms in total. The molecule has 0 amide bonds. The summed E-state index contributed by atoms with van der Waals surface area (Å²) in [6.07, 6.45) is 1.65. The van der Waals surface area contributed by atoms with E-state index in [1.54, 1.807) is 6.20 Å². The van der Waals surface area contributed by atoms with E-state index in [1.807, 2.05) is 30.3 Å². The molecule has 0 fully saturated rings. The van der Waals surface area contributed by atoms with Gasteiger partial charge in [-0.1, -0.05) is 30.3 Å². The van der Waals surface area contributed by atoms with E-state index >= 15 is 0 Å². The quantitative estimate of drug-likeness (QED) is 0.837. The summed E-state index contributed by atoms with van der Waals surface area (Å²) in [6.45, 7) is 2.53. The fourth-order valence-corrected chi connectivity index (χ4v) is 1.70. The zero-order chi connectivity index (χ0) is 12.1. The molecular weight excluding hydrogens is 212 g/mol. The number of anilines is 1. The molecular formula is C13H16N4. The van der Waals surface area contributed by atoms with E-state index in [1.165, 1.54) is 0 Å². The van der Waals surface area contributed by atoms with Gasteiger partial charge >= 0.3 is 0 Å². The van der Waals surface area contributed by atoms with Crippen molar-refractivity contribution in [3.8, 4) is 0 Å². The monoisotopic (exact) mass is 228 g/mol. The van der Waals surface area contributed by atoms with Crippen LogP contribution >= 0.6 is 0 Å². The Balaban J connectivity index is 2.27. The zero-order valence-corrected chi connectivity index (χ0v) is 9.80. The van der Waals surface area contributed by atoms with Crippen molar-refractivity contribution in [2.45, 2.75) is 12.5 Å². The van der Waals surface area contributed by atoms with Gasteiger partial charge in [-0.15, -0.1) is 5.10 Å². The van der Waals surface area contributed by atoms with E-state index in [9.17, 15) is 0 Å². The standard InChI is InChI=1S/C13H16N4/c1-13(10-14,11-6-3-2-4-7-11)16-12-8-5-9-15-17-12/h2-9H,10,14H2,1H3,(H,16,17). The van der Waals surface area contributed by atoms with Crippen LogP contribution in [0.4, 0.5) is 5.82 Å². The summed E-state index contributed by atoms with van der Waals surface area (Å²) in [4.78, 5) is 0. The number of nitrogens with two attached hydrogens (primary N) is 1. The minimum Gasteiger partial charge on any atom is -0.358 e. The Morgan fingerprint density at radius 2 is 1.94 bits per heavy atom. The third kappa shape index (κ3) is 2.60. The first kappa shape index (κ1) is 11.5. The Morgan fingerprint density at radius 1 is 1.18 bits per heavy atom. The Labute approximate surface area is 101 Å². The molecule has 0 spiro atoms. The van der Waals surface area contributed by atoms with Crippen LogP contribution in [0.5, 0.6) is 0 Å². The Bertz CT molecular complexity index is 457. The van der Waals surface area contributed by atoms with Gasteiger partial charge in [0.2, 0.25) is 0 Å². The third-order valence-electron chi connectivity index (χ3n) is 2.80. The maximum Gasteiger partial charge on any atom is 0.149 e. The van der Waals surface area contributed by atoms with Gasteiger partial charge in [0, 0.05) is 12.7 Å². The second kappa shape index (κ2) is 4.93. The fourth-order valence-electron chi connectivity index (χ4n) is 1.70. The fraction of sp³-hybridized carbons (Fsp3) is 0.231. The predicted octanol–water partition coefficient (Wildman–Crippen LogP) is 1.76. The highest BCUT2D eigenvalue weighted by Gasteiger charge is 2.24. The van der Waals surface area contributed by atoms with Gasteiger partial charge in [-0.05, 0) is 24.6 Å². The smallest absolute Gasteiger partial charge is 0.149 e. The molecule has 0 aliphatic carbocycles. The highest BCUT2D eigenvalue weighted by Crippen LogP contribution is 2.23. The van der Waals surface area contributed by atoms with Crippen LogP contribution in [0, 0.1) is 0 Å². The normalized spacial score (nSPS) is 14.0. The average Bonchev–Trinajstić information content (AvgIpc) is 2.41. The van der Waals surface area contributed by atoms with Gasteiger partial charge in [0.15, 0.2) is 0 Å². The molecule has 0 saturated heterocycles. The molecule has 1 unspecified atom stereocenters. The molecule has 2 rings (SSSR count). The molecule has 0 saturated carbocycles. The molecule has 1 aromatic carbocycles. The second-order valence-corrected chi connectivity index (χ2v) is 4.14. The molecule has 1 atom stereocenters. The third-order valence-corrected chi connectivity index (χ3v) is 2.80. The number of nitrogens with zero attached hydrogens (tertiary/aromatic N) is 2. The second-order valence-electron chi connectivity index (χ2n) is 4.14. The highest BCUT2D eigenvalue weighted by atomic mass is 15.2. The largest absolute Gasteiger partial charge is 0.358 e. The maximum atomic E-state index is 5.88. The average molecular weight is 228 g/mol. The SMILES string of the molecule is CC(CN)(Nc1cccnn1)c1ccccc1. The van der Waals surface area contributed by atoms with Crippen LogP contribution in [-0.4, -0.2) is 16.7 Å². The van der Waals surface area contributed by atoms with Crippen LogP contribution < -0.4 is 11.1 Å². The molecule has 0 bridgehead atoms. The van der Waals surface area contributed by atoms with E-state index in [0.29, 0.717) is 6.54 Å². The van der Waals surface area contributed by atoms with Gasteiger partial charge in [-0.25, -0.2) is 0 Å². The lowest BCUT2D eigenvalue weighted by atomic mass is 9.92. The lowest BCUT2D eigenvalue weighted by Gasteiger charge is -2.30. The first-order valence-electron chi connectivity index (χ1n) is 5.56. The zero-order valence-electron chi connectivity index (χ0n) is 9.80. The number of hydrogen-bond donors (Lipinski definition) is 2. The lowest BCUT2D eigenvalue weighted by Crippen LogP contribution is -2.40. The van der Waals surface area contributed by atoms with Crippen molar-refractivity contribution >= 4 is 5.82 Å². The van der Waals surface area contributed by atoms with E-state index < -0.39 is 0 Å². The van der Waals surface area contributed by atoms with Crippen molar-refractivity contribution < 1.29 is 0 Å². The van der Waals surface area contributed by atoms with E-state index in [-0.39, 0.29) is 5.54 Å². The lowest BCUT2D eigenvalue weighted by molar-refractivity contribution is 0.552. The number of hydrogen-bond acceptors (Lipinski definition) is 4. The molecule has 0 radical (unpaired) electrons. The summed E-state index contributed by atoms with van der Waals surface area (Å²) in [5.41, 5.74) is 6.67.